The highest BCUT2D eigenvalue weighted by Gasteiger charge is 2.36. The molecule has 0 spiro atoms. The van der Waals surface area contributed by atoms with Crippen LogP contribution in [0.25, 0.3) is 0 Å². The van der Waals surface area contributed by atoms with Gasteiger partial charge in [0.05, 0.1) is 18.7 Å². The molecule has 0 saturated carbocycles. The summed E-state index contributed by atoms with van der Waals surface area (Å²) in [5, 5.41) is 17.4. The first-order chi connectivity index (χ1) is 6.24. The van der Waals surface area contributed by atoms with E-state index < -0.39 is 12.1 Å². The monoisotopic (exact) mass is 178 g/mol. The molecular weight excluding hydrogens is 168 g/mol. The topological polar surface area (TPSA) is 93.9 Å². The summed E-state index contributed by atoms with van der Waals surface area (Å²) in [6.45, 7) is -0.143. The Kier molecular flexibility index (Phi) is 2.84. The maximum atomic E-state index is 11.3. The van der Waals surface area contributed by atoms with Crippen LogP contribution in [0.4, 0.5) is 0 Å². The quantitative estimate of drug-likeness (QED) is 0.577. The molecule has 2 atom stereocenters. The van der Waals surface area contributed by atoms with Crippen molar-refractivity contribution in [2.45, 2.75) is 24.9 Å². The Bertz CT molecular complexity index is 265. The lowest BCUT2D eigenvalue weighted by molar-refractivity contribution is -0.130. The average Bonchev–Trinajstić information content (AvgIpc) is 2.59. The number of nitriles is 2. The van der Waals surface area contributed by atoms with Crippen molar-refractivity contribution in [2.24, 2.45) is 5.73 Å². The van der Waals surface area contributed by atoms with Crippen LogP contribution >= 0.6 is 0 Å². The number of amides is 1. The number of carbonyl (C=O) groups excluding carboxylic acids is 1. The minimum atomic E-state index is -0.472. The molecule has 1 amide bonds. The van der Waals surface area contributed by atoms with E-state index in [9.17, 15) is 4.79 Å². The standard InChI is InChI=1S/C8H10N4O/c9-3-6-1-2-7(4-10)12(6)8(13)5-11/h6-7H,1-2,5,11H2. The van der Waals surface area contributed by atoms with Crippen LogP contribution in [0, 0.1) is 22.7 Å². The molecule has 0 radical (unpaired) electrons. The van der Waals surface area contributed by atoms with Gasteiger partial charge in [0.1, 0.15) is 12.1 Å². The fourth-order valence-corrected chi connectivity index (χ4v) is 1.52. The summed E-state index contributed by atoms with van der Waals surface area (Å²) in [4.78, 5) is 12.5. The van der Waals surface area contributed by atoms with Crippen LogP contribution < -0.4 is 5.73 Å². The van der Waals surface area contributed by atoms with Gasteiger partial charge in [0.25, 0.3) is 0 Å². The lowest BCUT2D eigenvalue weighted by atomic mass is 10.2. The van der Waals surface area contributed by atoms with E-state index in [1.165, 1.54) is 4.90 Å². The molecule has 0 aromatic carbocycles. The van der Waals surface area contributed by atoms with Gasteiger partial charge in [-0.25, -0.2) is 0 Å². The summed E-state index contributed by atoms with van der Waals surface area (Å²) in [6.07, 6.45) is 1.14. The van der Waals surface area contributed by atoms with Crippen molar-refractivity contribution in [2.75, 3.05) is 6.54 Å². The van der Waals surface area contributed by atoms with Gasteiger partial charge in [-0.2, -0.15) is 10.5 Å². The van der Waals surface area contributed by atoms with E-state index in [4.69, 9.17) is 16.3 Å². The molecule has 2 N–H and O–H groups in total. The first-order valence-electron chi connectivity index (χ1n) is 4.05. The molecule has 1 saturated heterocycles. The van der Waals surface area contributed by atoms with Gasteiger partial charge in [0, 0.05) is 0 Å². The van der Waals surface area contributed by atoms with Gasteiger partial charge in [-0.1, -0.05) is 0 Å². The van der Waals surface area contributed by atoms with Crippen molar-refractivity contribution < 1.29 is 4.79 Å². The fraction of sp³-hybridized carbons (Fsp3) is 0.625. The zero-order chi connectivity index (χ0) is 9.84. The maximum Gasteiger partial charge on any atom is 0.238 e. The highest BCUT2D eigenvalue weighted by molar-refractivity contribution is 5.79. The van der Waals surface area contributed by atoms with Crippen LogP contribution in [-0.4, -0.2) is 29.4 Å². The lowest BCUT2D eigenvalue weighted by Crippen LogP contribution is -2.43. The number of rotatable bonds is 1. The second-order valence-corrected chi connectivity index (χ2v) is 2.87. The number of likely N-dealkylation sites (tertiary alicyclic amines) is 1. The summed E-state index contributed by atoms with van der Waals surface area (Å²) in [6, 6.07) is 3.04. The Hall–Kier alpha value is -1.59. The summed E-state index contributed by atoms with van der Waals surface area (Å²) in [5.74, 6) is -0.324. The summed E-state index contributed by atoms with van der Waals surface area (Å²) < 4.78 is 0. The molecule has 68 valence electrons. The summed E-state index contributed by atoms with van der Waals surface area (Å²) in [7, 11) is 0. The molecule has 5 nitrogen and oxygen atoms in total. The Morgan fingerprint density at radius 3 is 2.15 bits per heavy atom. The van der Waals surface area contributed by atoms with E-state index in [0.29, 0.717) is 12.8 Å². The average molecular weight is 178 g/mol. The van der Waals surface area contributed by atoms with Crippen LogP contribution in [0.5, 0.6) is 0 Å². The largest absolute Gasteiger partial charge is 0.322 e. The van der Waals surface area contributed by atoms with Crippen LogP contribution in [-0.2, 0) is 4.79 Å². The molecule has 1 heterocycles. The molecule has 0 aromatic rings. The summed E-state index contributed by atoms with van der Waals surface area (Å²) in [5.41, 5.74) is 5.18. The highest BCUT2D eigenvalue weighted by atomic mass is 16.2. The fourth-order valence-electron chi connectivity index (χ4n) is 1.52. The van der Waals surface area contributed by atoms with Crippen molar-refractivity contribution in [3.8, 4) is 12.1 Å². The summed E-state index contributed by atoms with van der Waals surface area (Å²) >= 11 is 0. The van der Waals surface area contributed by atoms with Crippen molar-refractivity contribution in [3.05, 3.63) is 0 Å². The molecule has 0 bridgehead atoms. The van der Waals surface area contributed by atoms with Crippen LogP contribution in [0.1, 0.15) is 12.8 Å². The number of hydrogen-bond donors (Lipinski definition) is 1. The Morgan fingerprint density at radius 1 is 1.38 bits per heavy atom. The molecule has 1 fully saturated rings. The third-order valence-corrected chi connectivity index (χ3v) is 2.15. The second kappa shape index (κ2) is 3.88. The van der Waals surface area contributed by atoms with Crippen molar-refractivity contribution in [1.29, 1.82) is 10.5 Å². The maximum absolute atomic E-state index is 11.3. The molecule has 0 aromatic heterocycles. The molecule has 1 aliphatic heterocycles. The first-order valence-corrected chi connectivity index (χ1v) is 4.05. The molecule has 1 aliphatic rings. The smallest absolute Gasteiger partial charge is 0.238 e. The van der Waals surface area contributed by atoms with Gasteiger partial charge in [-0.15, -0.1) is 0 Å². The Labute approximate surface area is 76.3 Å². The second-order valence-electron chi connectivity index (χ2n) is 2.87. The van der Waals surface area contributed by atoms with Gasteiger partial charge < -0.3 is 10.6 Å². The van der Waals surface area contributed by atoms with Crippen LogP contribution in [0.15, 0.2) is 0 Å². The lowest BCUT2D eigenvalue weighted by Gasteiger charge is -2.21. The SMILES string of the molecule is N#CC1CCC(C#N)N1C(=O)CN. The number of hydrogen-bond acceptors (Lipinski definition) is 4. The Balaban J connectivity index is 2.82. The zero-order valence-corrected chi connectivity index (χ0v) is 7.10. The minimum Gasteiger partial charge on any atom is -0.322 e. The van der Waals surface area contributed by atoms with Crippen LogP contribution in [0.3, 0.4) is 0 Å². The van der Waals surface area contributed by atoms with E-state index >= 15 is 0 Å². The van der Waals surface area contributed by atoms with Crippen molar-refractivity contribution >= 4 is 5.91 Å². The Morgan fingerprint density at radius 2 is 1.85 bits per heavy atom. The van der Waals surface area contributed by atoms with E-state index in [1.807, 2.05) is 12.1 Å². The number of nitrogens with two attached hydrogens (primary N) is 1. The third kappa shape index (κ3) is 1.61. The third-order valence-electron chi connectivity index (χ3n) is 2.15. The van der Waals surface area contributed by atoms with Crippen LogP contribution in [0.2, 0.25) is 0 Å². The van der Waals surface area contributed by atoms with Gasteiger partial charge in [-0.3, -0.25) is 4.79 Å². The zero-order valence-electron chi connectivity index (χ0n) is 7.10. The molecule has 13 heavy (non-hydrogen) atoms. The molecule has 2 unspecified atom stereocenters. The molecular formula is C8H10N4O. The molecule has 0 aliphatic carbocycles. The van der Waals surface area contributed by atoms with E-state index in [1.54, 1.807) is 0 Å². The highest BCUT2D eigenvalue weighted by Crippen LogP contribution is 2.22. The minimum absolute atomic E-state index is 0.143. The van der Waals surface area contributed by atoms with E-state index in [-0.39, 0.29) is 12.5 Å². The normalized spacial score (nSPS) is 26.5. The van der Waals surface area contributed by atoms with Gasteiger partial charge in [0.2, 0.25) is 5.91 Å². The molecule has 1 rings (SSSR count). The van der Waals surface area contributed by atoms with E-state index in [2.05, 4.69) is 0 Å². The van der Waals surface area contributed by atoms with Crippen molar-refractivity contribution in [1.82, 2.24) is 4.90 Å². The van der Waals surface area contributed by atoms with Gasteiger partial charge >= 0.3 is 0 Å². The van der Waals surface area contributed by atoms with E-state index in [0.717, 1.165) is 0 Å². The van der Waals surface area contributed by atoms with Gasteiger partial charge in [-0.05, 0) is 12.8 Å². The van der Waals surface area contributed by atoms with Gasteiger partial charge in [0.15, 0.2) is 0 Å². The predicted octanol–water partition coefficient (Wildman–Crippen LogP) is -0.648. The number of carbonyl (C=O) groups is 1. The predicted molar refractivity (Wildman–Crippen MR) is 43.9 cm³/mol. The number of nitrogens with zero attached hydrogens (tertiary/aromatic N) is 3. The molecule has 5 heteroatoms. The first kappa shape index (κ1) is 9.50. The van der Waals surface area contributed by atoms with Crippen molar-refractivity contribution in [3.63, 3.8) is 0 Å².